The number of rotatable bonds is 5. The van der Waals surface area contributed by atoms with E-state index < -0.39 is 16.4 Å². The Labute approximate surface area is 127 Å². The van der Waals surface area contributed by atoms with Gasteiger partial charge in [0.15, 0.2) is 5.75 Å². The summed E-state index contributed by atoms with van der Waals surface area (Å²) in [4.78, 5) is 11.4. The van der Waals surface area contributed by atoms with Crippen LogP contribution in [0.25, 0.3) is 16.8 Å². The number of fused-ring (bicyclic) bond motifs is 1. The van der Waals surface area contributed by atoms with Gasteiger partial charge in [-0.05, 0) is 30.0 Å². The van der Waals surface area contributed by atoms with E-state index in [0.29, 0.717) is 16.3 Å². The van der Waals surface area contributed by atoms with Crippen LogP contribution >= 0.6 is 0 Å². The van der Waals surface area contributed by atoms with Crippen molar-refractivity contribution >= 4 is 33.2 Å². The molecule has 0 unspecified atom stereocenters. The summed E-state index contributed by atoms with van der Waals surface area (Å²) in [5, 5.41) is 1.16. The minimum Gasteiger partial charge on any atom is -0.463 e. The molecule has 0 aliphatic heterocycles. The van der Waals surface area contributed by atoms with Crippen LogP contribution in [-0.2, 0) is 19.9 Å². The zero-order valence-electron chi connectivity index (χ0n) is 11.7. The van der Waals surface area contributed by atoms with Crippen molar-refractivity contribution in [3.8, 4) is 5.75 Å². The molecule has 22 heavy (non-hydrogen) atoms. The fourth-order valence-corrected chi connectivity index (χ4v) is 2.35. The Morgan fingerprint density at radius 3 is 2.50 bits per heavy atom. The van der Waals surface area contributed by atoms with Crippen molar-refractivity contribution in [2.24, 2.45) is 0 Å². The van der Waals surface area contributed by atoms with Crippen molar-refractivity contribution in [2.45, 2.75) is 6.92 Å². The van der Waals surface area contributed by atoms with Gasteiger partial charge in [0.2, 0.25) is 0 Å². The highest BCUT2D eigenvalue weighted by atomic mass is 32.3. The van der Waals surface area contributed by atoms with E-state index in [0.717, 1.165) is 0 Å². The summed E-state index contributed by atoms with van der Waals surface area (Å²) in [6.07, 6.45) is 2.85. The fourth-order valence-electron chi connectivity index (χ4n) is 1.97. The third kappa shape index (κ3) is 4.06. The highest BCUT2D eigenvalue weighted by Gasteiger charge is 2.11. The Morgan fingerprint density at radius 1 is 1.18 bits per heavy atom. The Bertz CT molecular complexity index is 823. The van der Waals surface area contributed by atoms with Gasteiger partial charge in [0, 0.05) is 11.5 Å². The molecule has 0 saturated carbocycles. The maximum Gasteiger partial charge on any atom is 0.446 e. The van der Waals surface area contributed by atoms with Crippen LogP contribution in [0.5, 0.6) is 5.75 Å². The molecule has 0 aliphatic carbocycles. The van der Waals surface area contributed by atoms with Gasteiger partial charge >= 0.3 is 16.4 Å². The largest absolute Gasteiger partial charge is 0.463 e. The predicted molar refractivity (Wildman–Crippen MR) is 81.8 cm³/mol. The average molecular weight is 322 g/mol. The van der Waals surface area contributed by atoms with Crippen molar-refractivity contribution in [3.05, 3.63) is 48.0 Å². The summed E-state index contributed by atoms with van der Waals surface area (Å²) in [6, 6.07) is 9.85. The summed E-state index contributed by atoms with van der Waals surface area (Å²) in [6.45, 7) is 1.99. The number of ether oxygens (including phenoxy) is 1. The van der Waals surface area contributed by atoms with Crippen LogP contribution in [0.1, 0.15) is 12.5 Å². The van der Waals surface area contributed by atoms with E-state index in [-0.39, 0.29) is 12.4 Å². The second-order valence-corrected chi connectivity index (χ2v) is 5.32. The SMILES string of the molecule is CCOC(=O)C=Cc1ccc(OS(=O)(=O)O)c2ccccc12. The number of hydrogen-bond donors (Lipinski definition) is 1. The van der Waals surface area contributed by atoms with Crippen LogP contribution < -0.4 is 4.18 Å². The quantitative estimate of drug-likeness (QED) is 0.517. The van der Waals surface area contributed by atoms with Crippen LogP contribution in [0.3, 0.4) is 0 Å². The molecule has 1 N–H and O–H groups in total. The van der Waals surface area contributed by atoms with Crippen LogP contribution in [0.2, 0.25) is 0 Å². The van der Waals surface area contributed by atoms with E-state index in [1.807, 2.05) is 0 Å². The fraction of sp³-hybridized carbons (Fsp3) is 0.133. The van der Waals surface area contributed by atoms with Gasteiger partial charge in [0.1, 0.15) is 0 Å². The lowest BCUT2D eigenvalue weighted by molar-refractivity contribution is -0.137. The molecule has 0 fully saturated rings. The molecule has 0 atom stereocenters. The molecule has 2 aromatic carbocycles. The number of esters is 1. The van der Waals surface area contributed by atoms with Gasteiger partial charge < -0.3 is 8.92 Å². The van der Waals surface area contributed by atoms with Crippen LogP contribution in [0.4, 0.5) is 0 Å². The number of carbonyl (C=O) groups is 1. The summed E-state index contributed by atoms with van der Waals surface area (Å²) in [5.74, 6) is -0.462. The van der Waals surface area contributed by atoms with Crippen molar-refractivity contribution in [1.82, 2.24) is 0 Å². The molecule has 2 aromatic rings. The third-order valence-electron chi connectivity index (χ3n) is 2.80. The standard InChI is InChI=1S/C15H14O6S/c1-2-20-15(16)10-8-11-7-9-14(21-22(17,18)19)13-6-4-3-5-12(11)13/h3-10H,2H2,1H3,(H,17,18,19). The normalized spacial score (nSPS) is 11.7. The average Bonchev–Trinajstić information content (AvgIpc) is 2.45. The summed E-state index contributed by atoms with van der Waals surface area (Å²) >= 11 is 0. The van der Waals surface area contributed by atoms with Gasteiger partial charge in [0.05, 0.1) is 6.61 Å². The highest BCUT2D eigenvalue weighted by molar-refractivity contribution is 7.81. The first-order valence-electron chi connectivity index (χ1n) is 6.44. The van der Waals surface area contributed by atoms with E-state index in [1.54, 1.807) is 43.3 Å². The minimum absolute atomic E-state index is 0.00591. The Morgan fingerprint density at radius 2 is 1.86 bits per heavy atom. The molecular formula is C15H14O6S. The number of hydrogen-bond acceptors (Lipinski definition) is 5. The predicted octanol–water partition coefficient (Wildman–Crippen LogP) is 2.60. The van der Waals surface area contributed by atoms with Crippen molar-refractivity contribution < 1.29 is 26.7 Å². The maximum absolute atomic E-state index is 11.4. The van der Waals surface area contributed by atoms with E-state index >= 15 is 0 Å². The Hall–Kier alpha value is -2.38. The molecule has 0 aliphatic rings. The van der Waals surface area contributed by atoms with E-state index in [2.05, 4.69) is 4.18 Å². The maximum atomic E-state index is 11.4. The number of carbonyl (C=O) groups excluding carboxylic acids is 1. The number of benzene rings is 2. The van der Waals surface area contributed by atoms with Gasteiger partial charge in [-0.3, -0.25) is 4.55 Å². The van der Waals surface area contributed by atoms with E-state index in [4.69, 9.17) is 9.29 Å². The second-order valence-electron chi connectivity index (χ2n) is 4.29. The highest BCUT2D eigenvalue weighted by Crippen LogP contribution is 2.30. The van der Waals surface area contributed by atoms with Gasteiger partial charge in [-0.25, -0.2) is 4.79 Å². The summed E-state index contributed by atoms with van der Waals surface area (Å²) in [5.41, 5.74) is 0.686. The first-order valence-corrected chi connectivity index (χ1v) is 7.80. The smallest absolute Gasteiger partial charge is 0.446 e. The molecule has 0 spiro atoms. The molecule has 0 radical (unpaired) electrons. The van der Waals surface area contributed by atoms with E-state index in [9.17, 15) is 13.2 Å². The molecule has 0 heterocycles. The molecule has 0 bridgehead atoms. The molecule has 0 saturated heterocycles. The molecule has 116 valence electrons. The van der Waals surface area contributed by atoms with Gasteiger partial charge in [0.25, 0.3) is 0 Å². The monoisotopic (exact) mass is 322 g/mol. The lowest BCUT2D eigenvalue weighted by Gasteiger charge is -2.08. The zero-order chi connectivity index (χ0) is 16.2. The Kier molecular flexibility index (Phi) is 4.79. The summed E-state index contributed by atoms with van der Waals surface area (Å²) < 4.78 is 39.9. The van der Waals surface area contributed by atoms with Crippen molar-refractivity contribution in [2.75, 3.05) is 6.61 Å². The molecular weight excluding hydrogens is 308 g/mol. The molecule has 2 rings (SSSR count). The van der Waals surface area contributed by atoms with Crippen molar-refractivity contribution in [1.29, 1.82) is 0 Å². The zero-order valence-corrected chi connectivity index (χ0v) is 12.5. The van der Waals surface area contributed by atoms with Gasteiger partial charge in [-0.15, -0.1) is 0 Å². The van der Waals surface area contributed by atoms with E-state index in [1.165, 1.54) is 12.1 Å². The molecule has 0 amide bonds. The van der Waals surface area contributed by atoms with Gasteiger partial charge in [-0.1, -0.05) is 30.3 Å². The first-order chi connectivity index (χ1) is 10.4. The van der Waals surface area contributed by atoms with Crippen LogP contribution in [-0.4, -0.2) is 25.5 Å². The van der Waals surface area contributed by atoms with Crippen LogP contribution in [0, 0.1) is 0 Å². The summed E-state index contributed by atoms with van der Waals surface area (Å²) in [7, 11) is -4.61. The third-order valence-corrected chi connectivity index (χ3v) is 3.19. The molecule has 0 aromatic heterocycles. The lowest BCUT2D eigenvalue weighted by atomic mass is 10.0. The van der Waals surface area contributed by atoms with Gasteiger partial charge in [-0.2, -0.15) is 8.42 Å². The minimum atomic E-state index is -4.61. The molecule has 7 heteroatoms. The molecule has 6 nitrogen and oxygen atoms in total. The topological polar surface area (TPSA) is 89.9 Å². The van der Waals surface area contributed by atoms with Crippen molar-refractivity contribution in [3.63, 3.8) is 0 Å². The second kappa shape index (κ2) is 6.59. The first kappa shape index (κ1) is 16.0. The Balaban J connectivity index is 2.46. The lowest BCUT2D eigenvalue weighted by Crippen LogP contribution is -2.07. The van der Waals surface area contributed by atoms with Crippen LogP contribution in [0.15, 0.2) is 42.5 Å².